The summed E-state index contributed by atoms with van der Waals surface area (Å²) in [6.45, 7) is 0. The zero-order valence-electron chi connectivity index (χ0n) is 11.3. The molecule has 0 amide bonds. The number of aromatic carboxylic acids is 1. The molecule has 2 aromatic rings. The molecule has 0 spiro atoms. The number of nitro groups is 1. The number of carboxylic acids is 1. The molecule has 0 aliphatic rings. The maximum Gasteiger partial charge on any atom is 0.335 e. The molecule has 10 heteroatoms. The smallest absolute Gasteiger partial charge is 0.335 e. The lowest BCUT2D eigenvalue weighted by molar-refractivity contribution is -0.387. The van der Waals surface area contributed by atoms with E-state index in [1.807, 2.05) is 0 Å². The van der Waals surface area contributed by atoms with Crippen molar-refractivity contribution in [3.8, 4) is 0 Å². The van der Waals surface area contributed by atoms with Crippen molar-refractivity contribution in [3.05, 3.63) is 62.6 Å². The summed E-state index contributed by atoms with van der Waals surface area (Å²) in [5.74, 6) is -1.23. The normalized spacial score (nSPS) is 11.0. The lowest BCUT2D eigenvalue weighted by Gasteiger charge is -2.10. The molecule has 8 nitrogen and oxygen atoms in total. The van der Waals surface area contributed by atoms with Crippen molar-refractivity contribution in [2.75, 3.05) is 4.72 Å². The Morgan fingerprint density at radius 1 is 1.22 bits per heavy atom. The molecule has 0 saturated carbocycles. The van der Waals surface area contributed by atoms with Gasteiger partial charge in [-0.25, -0.2) is 13.2 Å². The van der Waals surface area contributed by atoms with E-state index in [1.165, 1.54) is 24.3 Å². The highest BCUT2D eigenvalue weighted by Gasteiger charge is 2.26. The number of carbonyl (C=O) groups is 1. The fourth-order valence-electron chi connectivity index (χ4n) is 1.77. The minimum absolute atomic E-state index is 0.0388. The lowest BCUT2D eigenvalue weighted by Crippen LogP contribution is -2.15. The summed E-state index contributed by atoms with van der Waals surface area (Å²) in [6.07, 6.45) is 0. The summed E-state index contributed by atoms with van der Waals surface area (Å²) in [7, 11) is -4.27. The molecule has 0 unspecified atom stereocenters. The Bertz CT molecular complexity index is 897. The highest BCUT2D eigenvalue weighted by atomic mass is 79.9. The van der Waals surface area contributed by atoms with Crippen LogP contribution in [-0.2, 0) is 10.0 Å². The van der Waals surface area contributed by atoms with Gasteiger partial charge in [0.1, 0.15) is 0 Å². The Hall–Kier alpha value is -2.46. The Labute approximate surface area is 139 Å². The largest absolute Gasteiger partial charge is 0.478 e. The molecule has 120 valence electrons. The topological polar surface area (TPSA) is 127 Å². The summed E-state index contributed by atoms with van der Waals surface area (Å²) < 4.78 is 27.2. The zero-order chi connectivity index (χ0) is 17.2. The van der Waals surface area contributed by atoms with Gasteiger partial charge in [-0.3, -0.25) is 14.8 Å². The maximum absolute atomic E-state index is 12.4. The van der Waals surface area contributed by atoms with E-state index in [9.17, 15) is 23.3 Å². The second kappa shape index (κ2) is 6.34. The van der Waals surface area contributed by atoms with Crippen LogP contribution in [-0.4, -0.2) is 24.4 Å². The maximum atomic E-state index is 12.4. The van der Waals surface area contributed by atoms with Crippen molar-refractivity contribution < 1.29 is 23.2 Å². The monoisotopic (exact) mass is 400 g/mol. The first-order chi connectivity index (χ1) is 10.7. The van der Waals surface area contributed by atoms with Gasteiger partial charge in [-0.2, -0.15) is 0 Å². The van der Waals surface area contributed by atoms with Crippen molar-refractivity contribution in [1.82, 2.24) is 0 Å². The third kappa shape index (κ3) is 3.66. The number of halogens is 1. The number of carboxylic acid groups (broad SMARTS) is 1. The van der Waals surface area contributed by atoms with E-state index < -0.39 is 31.5 Å². The van der Waals surface area contributed by atoms with Crippen molar-refractivity contribution in [2.24, 2.45) is 0 Å². The third-order valence-electron chi connectivity index (χ3n) is 2.81. The number of hydrogen-bond donors (Lipinski definition) is 2. The van der Waals surface area contributed by atoms with Crippen LogP contribution in [0.4, 0.5) is 11.4 Å². The predicted octanol–water partition coefficient (Wildman–Crippen LogP) is 2.86. The molecule has 2 rings (SSSR count). The van der Waals surface area contributed by atoms with Gasteiger partial charge in [0.15, 0.2) is 4.90 Å². The number of nitrogens with one attached hydrogen (secondary N) is 1. The van der Waals surface area contributed by atoms with Crippen LogP contribution >= 0.6 is 15.9 Å². The van der Waals surface area contributed by atoms with Crippen LogP contribution in [0.5, 0.6) is 0 Å². The highest BCUT2D eigenvalue weighted by molar-refractivity contribution is 9.10. The van der Waals surface area contributed by atoms with E-state index in [0.717, 1.165) is 18.2 Å². The second-order valence-corrected chi connectivity index (χ2v) is 6.84. The molecule has 0 aliphatic carbocycles. The van der Waals surface area contributed by atoms with Gasteiger partial charge in [-0.05, 0) is 40.2 Å². The molecule has 0 fully saturated rings. The molecule has 2 N–H and O–H groups in total. The second-order valence-electron chi connectivity index (χ2n) is 4.33. The van der Waals surface area contributed by atoms with Crippen molar-refractivity contribution in [3.63, 3.8) is 0 Å². The first kappa shape index (κ1) is 16.9. The number of anilines is 1. The minimum Gasteiger partial charge on any atom is -0.478 e. The van der Waals surface area contributed by atoms with E-state index in [0.29, 0.717) is 4.47 Å². The van der Waals surface area contributed by atoms with E-state index in [1.54, 1.807) is 0 Å². The van der Waals surface area contributed by atoms with Gasteiger partial charge in [0.2, 0.25) is 0 Å². The average Bonchev–Trinajstić information content (AvgIpc) is 2.49. The van der Waals surface area contributed by atoms with Crippen LogP contribution in [0.1, 0.15) is 10.4 Å². The van der Waals surface area contributed by atoms with Crippen LogP contribution in [0, 0.1) is 10.1 Å². The highest BCUT2D eigenvalue weighted by Crippen LogP contribution is 2.29. The standard InChI is InChI=1S/C13H9BrN2O6S/c14-9-6-5-8(13(17)18)7-10(9)15-23(21,22)12-4-2-1-3-11(12)16(19)20/h1-7,15H,(H,17,18). The fourth-order valence-corrected chi connectivity index (χ4v) is 3.49. The van der Waals surface area contributed by atoms with Gasteiger partial charge in [-0.15, -0.1) is 0 Å². The molecular weight excluding hydrogens is 392 g/mol. The Balaban J connectivity index is 2.50. The van der Waals surface area contributed by atoms with E-state index in [-0.39, 0.29) is 11.3 Å². The van der Waals surface area contributed by atoms with E-state index in [4.69, 9.17) is 5.11 Å². The van der Waals surface area contributed by atoms with Gasteiger partial charge in [0.05, 0.1) is 16.2 Å². The number of nitro benzene ring substituents is 1. The Morgan fingerprint density at radius 3 is 2.48 bits per heavy atom. The Morgan fingerprint density at radius 2 is 1.87 bits per heavy atom. The molecule has 0 radical (unpaired) electrons. The Kier molecular flexibility index (Phi) is 4.66. The van der Waals surface area contributed by atoms with Gasteiger partial charge in [0, 0.05) is 10.5 Å². The fraction of sp³-hybridized carbons (Fsp3) is 0. The van der Waals surface area contributed by atoms with E-state index >= 15 is 0 Å². The van der Waals surface area contributed by atoms with Crippen LogP contribution in [0.2, 0.25) is 0 Å². The average molecular weight is 401 g/mol. The van der Waals surface area contributed by atoms with Crippen molar-refractivity contribution >= 4 is 43.3 Å². The zero-order valence-corrected chi connectivity index (χ0v) is 13.7. The molecule has 2 aromatic carbocycles. The molecule has 23 heavy (non-hydrogen) atoms. The number of benzene rings is 2. The molecule has 0 heterocycles. The third-order valence-corrected chi connectivity index (χ3v) is 4.91. The summed E-state index contributed by atoms with van der Waals surface area (Å²) in [5, 5.41) is 19.9. The SMILES string of the molecule is O=C(O)c1ccc(Br)c(NS(=O)(=O)c2ccccc2[N+](=O)[O-])c1. The van der Waals surface area contributed by atoms with Crippen LogP contribution in [0.3, 0.4) is 0 Å². The molecule has 0 aromatic heterocycles. The summed E-state index contributed by atoms with van der Waals surface area (Å²) >= 11 is 3.10. The predicted molar refractivity (Wildman–Crippen MR) is 85.0 cm³/mol. The first-order valence-corrected chi connectivity index (χ1v) is 8.29. The first-order valence-electron chi connectivity index (χ1n) is 6.01. The number of nitrogens with zero attached hydrogens (tertiary/aromatic N) is 1. The van der Waals surface area contributed by atoms with E-state index in [2.05, 4.69) is 20.7 Å². The number of sulfonamides is 1. The molecule has 0 saturated heterocycles. The van der Waals surface area contributed by atoms with Gasteiger partial charge in [0.25, 0.3) is 15.7 Å². The molecule has 0 aliphatic heterocycles. The van der Waals surface area contributed by atoms with Crippen molar-refractivity contribution in [1.29, 1.82) is 0 Å². The van der Waals surface area contributed by atoms with Crippen LogP contribution < -0.4 is 4.72 Å². The van der Waals surface area contributed by atoms with Crippen LogP contribution in [0.15, 0.2) is 51.8 Å². The summed E-state index contributed by atoms with van der Waals surface area (Å²) in [4.78, 5) is 20.6. The van der Waals surface area contributed by atoms with Gasteiger partial charge in [-0.1, -0.05) is 12.1 Å². The van der Waals surface area contributed by atoms with Crippen LogP contribution in [0.25, 0.3) is 0 Å². The summed E-state index contributed by atoms with van der Waals surface area (Å²) in [5.41, 5.74) is -0.748. The number of rotatable bonds is 5. The van der Waals surface area contributed by atoms with Gasteiger partial charge < -0.3 is 5.11 Å². The minimum atomic E-state index is -4.27. The molecule has 0 atom stereocenters. The van der Waals surface area contributed by atoms with Gasteiger partial charge >= 0.3 is 5.97 Å². The summed E-state index contributed by atoms with van der Waals surface area (Å²) in [6, 6.07) is 8.61. The molecular formula is C13H9BrN2O6S. The van der Waals surface area contributed by atoms with Crippen molar-refractivity contribution in [2.45, 2.75) is 4.90 Å². The number of hydrogen-bond acceptors (Lipinski definition) is 5. The quantitative estimate of drug-likeness (QED) is 0.586. The lowest BCUT2D eigenvalue weighted by atomic mass is 10.2. The number of para-hydroxylation sites is 1. The molecule has 0 bridgehead atoms.